The molecule has 1 atom stereocenters. The highest BCUT2D eigenvalue weighted by atomic mass is 32.3. The van der Waals surface area contributed by atoms with E-state index >= 15 is 0 Å². The Labute approximate surface area is 229 Å². The minimum atomic E-state index is -1.17. The van der Waals surface area contributed by atoms with E-state index in [0.717, 1.165) is 24.8 Å². The maximum Gasteiger partial charge on any atom is 0.318 e. The quantitative estimate of drug-likeness (QED) is 0.232. The number of benzene rings is 1. The van der Waals surface area contributed by atoms with Crippen LogP contribution in [-0.4, -0.2) is 69.0 Å². The Morgan fingerprint density at radius 3 is 2.21 bits per heavy atom. The number of amides is 3. The molecule has 8 nitrogen and oxygen atoms in total. The van der Waals surface area contributed by atoms with E-state index in [0.29, 0.717) is 30.5 Å². The van der Waals surface area contributed by atoms with Crippen molar-refractivity contribution in [2.75, 3.05) is 25.3 Å². The lowest BCUT2D eigenvalue weighted by Crippen LogP contribution is -2.55. The molecule has 1 unspecified atom stereocenters. The normalized spacial score (nSPS) is 19.9. The predicted octanol–water partition coefficient (Wildman–Crippen LogP) is 4.40. The summed E-state index contributed by atoms with van der Waals surface area (Å²) in [6.07, 6.45) is 10.7. The minimum absolute atomic E-state index is 0.0308. The molecular formula is C29H47N5O3S. The lowest BCUT2D eigenvalue weighted by atomic mass is 9.83. The third-order valence-corrected chi connectivity index (χ3v) is 11.8. The van der Waals surface area contributed by atoms with E-state index in [9.17, 15) is 14.7 Å². The lowest BCUT2D eigenvalue weighted by molar-refractivity contribution is -0.124. The topological polar surface area (TPSA) is 132 Å². The first kappa shape index (κ1) is 30.0. The van der Waals surface area contributed by atoms with Crippen LogP contribution in [-0.2, 0) is 4.79 Å². The van der Waals surface area contributed by atoms with Gasteiger partial charge in [0, 0.05) is 17.7 Å². The molecule has 1 fully saturated rings. The molecule has 6 N–H and O–H groups in total. The third kappa shape index (κ3) is 5.59. The SMILES string of the molecule is CCC(O)(CC)CC(NC(=O)N1CC(C(=N)NC(=O)C2(S(C)(C)C)CCC2)=C(N)C1(C)C)c1ccccc1. The maximum absolute atomic E-state index is 13.7. The minimum Gasteiger partial charge on any atom is -0.400 e. The van der Waals surface area contributed by atoms with Crippen molar-refractivity contribution in [2.24, 2.45) is 5.73 Å². The molecule has 1 aromatic carbocycles. The molecule has 9 heteroatoms. The molecule has 1 aromatic rings. The zero-order chi connectivity index (χ0) is 28.5. The number of nitrogens with two attached hydrogens (primary N) is 1. The van der Waals surface area contributed by atoms with Crippen molar-refractivity contribution < 1.29 is 14.7 Å². The molecule has 1 heterocycles. The van der Waals surface area contributed by atoms with Crippen LogP contribution in [0.5, 0.6) is 0 Å². The van der Waals surface area contributed by atoms with Crippen LogP contribution in [0.4, 0.5) is 4.79 Å². The van der Waals surface area contributed by atoms with Crippen molar-refractivity contribution in [3.05, 3.63) is 47.2 Å². The van der Waals surface area contributed by atoms with E-state index in [4.69, 9.17) is 11.1 Å². The summed E-state index contributed by atoms with van der Waals surface area (Å²) in [5.74, 6) is -0.142. The molecule has 2 aliphatic rings. The summed E-state index contributed by atoms with van der Waals surface area (Å²) in [6, 6.07) is 8.92. The highest BCUT2D eigenvalue weighted by Gasteiger charge is 2.51. The number of hydrogen-bond donors (Lipinski definition) is 5. The van der Waals surface area contributed by atoms with Gasteiger partial charge in [-0.05, 0) is 70.3 Å². The number of hydrogen-bond acceptors (Lipinski definition) is 5. The van der Waals surface area contributed by atoms with E-state index in [2.05, 4.69) is 29.4 Å². The number of urea groups is 1. The molecule has 0 bridgehead atoms. The number of nitrogens with zero attached hydrogens (tertiary/aromatic N) is 1. The van der Waals surface area contributed by atoms with Crippen LogP contribution in [0, 0.1) is 5.41 Å². The highest BCUT2D eigenvalue weighted by molar-refractivity contribution is 8.33. The summed E-state index contributed by atoms with van der Waals surface area (Å²) in [5, 5.41) is 25.8. The van der Waals surface area contributed by atoms with E-state index in [1.807, 2.05) is 58.0 Å². The second-order valence-corrected chi connectivity index (χ2v) is 16.6. The van der Waals surface area contributed by atoms with Gasteiger partial charge in [0.15, 0.2) is 0 Å². The summed E-state index contributed by atoms with van der Waals surface area (Å²) in [7, 11) is -1.17. The molecule has 1 aliphatic carbocycles. The Bertz CT molecular complexity index is 1090. The molecule has 212 valence electrons. The van der Waals surface area contributed by atoms with E-state index in [-0.39, 0.29) is 24.3 Å². The fraction of sp³-hybridized carbons (Fsp3) is 0.621. The van der Waals surface area contributed by atoms with Gasteiger partial charge in [-0.3, -0.25) is 10.2 Å². The molecule has 0 radical (unpaired) electrons. The first-order valence-corrected chi connectivity index (χ1v) is 16.4. The Kier molecular flexibility index (Phi) is 8.63. The Balaban J connectivity index is 1.79. The number of rotatable bonds is 9. The number of amidine groups is 1. The molecule has 1 saturated carbocycles. The summed E-state index contributed by atoms with van der Waals surface area (Å²) in [5.41, 5.74) is 6.54. The summed E-state index contributed by atoms with van der Waals surface area (Å²) < 4.78 is -0.419. The van der Waals surface area contributed by atoms with E-state index < -0.39 is 32.0 Å². The molecule has 0 aromatic heterocycles. The molecule has 38 heavy (non-hydrogen) atoms. The van der Waals surface area contributed by atoms with Crippen LogP contribution in [0.3, 0.4) is 0 Å². The second kappa shape index (κ2) is 10.9. The number of nitrogens with one attached hydrogen (secondary N) is 3. The molecule has 0 spiro atoms. The van der Waals surface area contributed by atoms with Crippen LogP contribution in [0.15, 0.2) is 41.6 Å². The van der Waals surface area contributed by atoms with Crippen LogP contribution in [0.25, 0.3) is 0 Å². The first-order chi connectivity index (χ1) is 17.6. The number of aliphatic hydroxyl groups is 1. The van der Waals surface area contributed by atoms with Crippen LogP contribution in [0.2, 0.25) is 0 Å². The van der Waals surface area contributed by atoms with Crippen molar-refractivity contribution >= 4 is 27.8 Å². The molecule has 3 amide bonds. The van der Waals surface area contributed by atoms with Crippen LogP contribution < -0.4 is 16.4 Å². The van der Waals surface area contributed by atoms with Crippen molar-refractivity contribution in [1.29, 1.82) is 5.41 Å². The largest absolute Gasteiger partial charge is 0.400 e. The predicted molar refractivity (Wildman–Crippen MR) is 158 cm³/mol. The van der Waals surface area contributed by atoms with Crippen LogP contribution in [0.1, 0.15) is 77.8 Å². The average Bonchev–Trinajstić information content (AvgIpc) is 3.06. The number of carbonyl (C=O) groups excluding carboxylic acids is 2. The average molecular weight is 546 g/mol. The van der Waals surface area contributed by atoms with Gasteiger partial charge in [-0.15, -0.1) is 0 Å². The van der Waals surface area contributed by atoms with E-state index in [1.54, 1.807) is 4.90 Å². The van der Waals surface area contributed by atoms with Gasteiger partial charge < -0.3 is 26.4 Å². The Morgan fingerprint density at radius 2 is 1.74 bits per heavy atom. The Morgan fingerprint density at radius 1 is 1.16 bits per heavy atom. The zero-order valence-corrected chi connectivity index (χ0v) is 24.9. The van der Waals surface area contributed by atoms with Gasteiger partial charge in [-0.1, -0.05) is 44.2 Å². The smallest absolute Gasteiger partial charge is 0.318 e. The van der Waals surface area contributed by atoms with Crippen LogP contribution >= 0.6 is 10.0 Å². The summed E-state index contributed by atoms with van der Waals surface area (Å²) in [6.45, 7) is 7.71. The van der Waals surface area contributed by atoms with Gasteiger partial charge in [-0.25, -0.2) is 14.8 Å². The molecular weight excluding hydrogens is 498 g/mol. The van der Waals surface area contributed by atoms with Crippen molar-refractivity contribution in [3.63, 3.8) is 0 Å². The van der Waals surface area contributed by atoms with Crippen molar-refractivity contribution in [3.8, 4) is 0 Å². The molecule has 1 aliphatic heterocycles. The van der Waals surface area contributed by atoms with Gasteiger partial charge >= 0.3 is 6.03 Å². The van der Waals surface area contributed by atoms with Gasteiger partial charge in [0.25, 0.3) is 0 Å². The van der Waals surface area contributed by atoms with Gasteiger partial charge in [0.1, 0.15) is 5.84 Å². The van der Waals surface area contributed by atoms with Crippen molar-refractivity contribution in [2.45, 2.75) is 88.1 Å². The monoisotopic (exact) mass is 545 g/mol. The lowest BCUT2D eigenvalue weighted by Gasteiger charge is -2.53. The van der Waals surface area contributed by atoms with Gasteiger partial charge in [0.05, 0.1) is 28.5 Å². The first-order valence-electron chi connectivity index (χ1n) is 13.5. The van der Waals surface area contributed by atoms with Gasteiger partial charge in [0.2, 0.25) is 5.91 Å². The second-order valence-electron chi connectivity index (χ2n) is 12.1. The number of carbonyl (C=O) groups is 2. The zero-order valence-electron chi connectivity index (χ0n) is 24.1. The summed E-state index contributed by atoms with van der Waals surface area (Å²) in [4.78, 5) is 28.6. The fourth-order valence-electron chi connectivity index (χ4n) is 5.50. The van der Waals surface area contributed by atoms with Gasteiger partial charge in [-0.2, -0.15) is 0 Å². The molecule has 0 saturated heterocycles. The van der Waals surface area contributed by atoms with E-state index in [1.165, 1.54) is 0 Å². The fourth-order valence-corrected chi connectivity index (χ4v) is 7.62. The summed E-state index contributed by atoms with van der Waals surface area (Å²) >= 11 is 0. The highest BCUT2D eigenvalue weighted by Crippen LogP contribution is 2.60. The maximum atomic E-state index is 13.7. The van der Waals surface area contributed by atoms with Crippen molar-refractivity contribution in [1.82, 2.24) is 15.5 Å². The third-order valence-electron chi connectivity index (χ3n) is 8.91. The molecule has 3 rings (SSSR count). The Hall–Kier alpha value is -2.52. The standard InChI is InChI=1S/C29H47N5O3S/c1-8-28(37,9-2)18-22(20-14-11-10-12-15-20)32-26(36)34-19-21(23(30)27(34,3)4)24(31)33-25(35)29(16-13-17-29)38(5,6)7/h10-12,14-15,22,37H,8-9,13,16-19,30H2,1-7H3,(H,32,36)(H2,31,33,35).